The Morgan fingerprint density at radius 1 is 0.727 bits per heavy atom. The summed E-state index contributed by atoms with van der Waals surface area (Å²) in [6.45, 7) is 2.15. The number of hydrogen-bond acceptors (Lipinski definition) is 8. The normalized spacial score (nSPS) is 12.4. The number of alkyl halides is 3. The van der Waals surface area contributed by atoms with Crippen LogP contribution in [0.25, 0.3) is 21.5 Å². The van der Waals surface area contributed by atoms with Crippen LogP contribution in [0.1, 0.15) is 18.4 Å². The summed E-state index contributed by atoms with van der Waals surface area (Å²) in [7, 11) is 0. The van der Waals surface area contributed by atoms with E-state index in [1.165, 1.54) is 0 Å². The Kier molecular flexibility index (Phi) is 15.1. The SMILES string of the molecule is O=C(NCCCOCCOCCOCCCNC(=O)C(F)(F)F)OC[C@@H](O)COCc1c2ccccc2cc2ccccc12. The summed E-state index contributed by atoms with van der Waals surface area (Å²) in [6.07, 6.45) is -5.69. The average Bonchev–Trinajstić information content (AvgIpc) is 3.01. The molecule has 0 aliphatic heterocycles. The van der Waals surface area contributed by atoms with Crippen molar-refractivity contribution in [3.8, 4) is 0 Å². The van der Waals surface area contributed by atoms with Gasteiger partial charge < -0.3 is 39.4 Å². The first-order valence-electron chi connectivity index (χ1n) is 14.4. The van der Waals surface area contributed by atoms with E-state index < -0.39 is 24.3 Å². The van der Waals surface area contributed by atoms with Crippen molar-refractivity contribution in [3.05, 3.63) is 60.2 Å². The summed E-state index contributed by atoms with van der Waals surface area (Å²) in [4.78, 5) is 22.5. The van der Waals surface area contributed by atoms with Gasteiger partial charge in [-0.1, -0.05) is 48.5 Å². The molecule has 0 spiro atoms. The summed E-state index contributed by atoms with van der Waals surface area (Å²) in [5.41, 5.74) is 1.04. The van der Waals surface area contributed by atoms with E-state index in [2.05, 4.69) is 23.5 Å². The molecule has 44 heavy (non-hydrogen) atoms. The van der Waals surface area contributed by atoms with Crippen LogP contribution in [0.4, 0.5) is 18.0 Å². The number of rotatable bonds is 20. The summed E-state index contributed by atoms with van der Waals surface area (Å²) in [6, 6.07) is 18.3. The maximum Gasteiger partial charge on any atom is 0.471 e. The molecule has 1 atom stereocenters. The van der Waals surface area contributed by atoms with Gasteiger partial charge in [-0.2, -0.15) is 13.2 Å². The van der Waals surface area contributed by atoms with Crippen LogP contribution in [0, 0.1) is 0 Å². The van der Waals surface area contributed by atoms with Crippen LogP contribution in [0.5, 0.6) is 0 Å². The number of halogens is 3. The molecule has 3 aromatic carbocycles. The number of nitrogens with one attached hydrogen (secondary N) is 2. The standard InChI is InChI=1S/C31H39F3N2O8/c32-31(33,34)29(38)35-11-5-13-40-15-17-42-18-16-41-14-6-12-36-30(39)44-21-25(37)20-43-22-28-26-9-3-1-7-23(26)19-24-8-2-4-10-27(24)28/h1-4,7-10,19,25,37H,5-6,11-18,20-22H2,(H,35,38)(H,36,39)/t25-/m0/s1. The fourth-order valence-electron chi connectivity index (χ4n) is 4.21. The predicted octanol–water partition coefficient (Wildman–Crippen LogP) is 4.11. The van der Waals surface area contributed by atoms with Gasteiger partial charge in [-0.15, -0.1) is 0 Å². The Bertz CT molecular complexity index is 1250. The highest BCUT2D eigenvalue weighted by Crippen LogP contribution is 2.29. The van der Waals surface area contributed by atoms with Gasteiger partial charge in [0, 0.05) is 26.3 Å². The highest BCUT2D eigenvalue weighted by molar-refractivity contribution is 6.02. The number of carbonyl (C=O) groups excluding carboxylic acids is 2. The fourth-order valence-corrected chi connectivity index (χ4v) is 4.21. The molecule has 0 aliphatic rings. The summed E-state index contributed by atoms with van der Waals surface area (Å²) < 4.78 is 62.9. The molecular formula is C31H39F3N2O8. The highest BCUT2D eigenvalue weighted by atomic mass is 19.4. The number of carbonyl (C=O) groups is 2. The smallest absolute Gasteiger partial charge is 0.447 e. The predicted molar refractivity (Wildman–Crippen MR) is 157 cm³/mol. The van der Waals surface area contributed by atoms with Gasteiger partial charge in [0.1, 0.15) is 12.7 Å². The third-order valence-electron chi connectivity index (χ3n) is 6.33. The molecule has 0 unspecified atom stereocenters. The Labute approximate surface area is 253 Å². The second-order valence-corrected chi connectivity index (χ2v) is 9.79. The fraction of sp³-hybridized carbons (Fsp3) is 0.484. The molecule has 10 nitrogen and oxygen atoms in total. The van der Waals surface area contributed by atoms with E-state index in [0.29, 0.717) is 46.0 Å². The summed E-state index contributed by atoms with van der Waals surface area (Å²) >= 11 is 0. The average molecular weight is 625 g/mol. The summed E-state index contributed by atoms with van der Waals surface area (Å²) in [5.74, 6) is -1.96. The van der Waals surface area contributed by atoms with Crippen molar-refractivity contribution in [3.63, 3.8) is 0 Å². The topological polar surface area (TPSA) is 125 Å². The van der Waals surface area contributed by atoms with Crippen LogP contribution in [0.3, 0.4) is 0 Å². The highest BCUT2D eigenvalue weighted by Gasteiger charge is 2.38. The molecule has 0 aliphatic carbocycles. The van der Waals surface area contributed by atoms with E-state index in [0.717, 1.165) is 27.1 Å². The Balaban J connectivity index is 1.14. The molecule has 242 valence electrons. The number of fused-ring (bicyclic) bond motifs is 2. The van der Waals surface area contributed by atoms with Gasteiger partial charge in [0.2, 0.25) is 0 Å². The number of hydrogen-bond donors (Lipinski definition) is 3. The Hall–Kier alpha value is -3.49. The summed E-state index contributed by atoms with van der Waals surface area (Å²) in [5, 5.41) is 19.0. The van der Waals surface area contributed by atoms with Crippen molar-refractivity contribution in [2.45, 2.75) is 31.7 Å². The molecule has 3 rings (SSSR count). The van der Waals surface area contributed by atoms with Crippen molar-refractivity contribution in [1.82, 2.24) is 10.6 Å². The first-order valence-corrected chi connectivity index (χ1v) is 14.4. The van der Waals surface area contributed by atoms with Crippen LogP contribution in [0.15, 0.2) is 54.6 Å². The molecule has 3 N–H and O–H groups in total. The molecule has 0 aromatic heterocycles. The molecule has 0 bridgehead atoms. The minimum absolute atomic E-state index is 0.0118. The maximum atomic E-state index is 12.0. The number of amides is 2. The molecule has 13 heteroatoms. The third-order valence-corrected chi connectivity index (χ3v) is 6.33. The van der Waals surface area contributed by atoms with E-state index in [1.807, 2.05) is 36.4 Å². The zero-order valence-corrected chi connectivity index (χ0v) is 24.4. The van der Waals surface area contributed by atoms with Gasteiger partial charge >= 0.3 is 18.2 Å². The molecule has 0 saturated carbocycles. The van der Waals surface area contributed by atoms with Crippen LogP contribution in [-0.2, 0) is 35.1 Å². The minimum atomic E-state index is -4.88. The third kappa shape index (κ3) is 12.6. The molecular weight excluding hydrogens is 585 g/mol. The van der Waals surface area contributed by atoms with Crippen molar-refractivity contribution in [2.75, 3.05) is 65.9 Å². The van der Waals surface area contributed by atoms with Gasteiger partial charge in [0.05, 0.1) is 39.6 Å². The zero-order chi connectivity index (χ0) is 31.6. The monoisotopic (exact) mass is 624 g/mol. The van der Waals surface area contributed by atoms with Crippen LogP contribution in [-0.4, -0.2) is 95.3 Å². The molecule has 0 heterocycles. The second kappa shape index (κ2) is 19.0. The first-order chi connectivity index (χ1) is 21.3. The lowest BCUT2D eigenvalue weighted by Crippen LogP contribution is -2.37. The largest absolute Gasteiger partial charge is 0.471 e. The Morgan fingerprint density at radius 3 is 1.82 bits per heavy atom. The van der Waals surface area contributed by atoms with E-state index in [1.54, 1.807) is 5.32 Å². The van der Waals surface area contributed by atoms with Crippen molar-refractivity contribution in [2.24, 2.45) is 0 Å². The molecule has 0 saturated heterocycles. The molecule has 2 amide bonds. The number of ether oxygens (including phenoxy) is 5. The van der Waals surface area contributed by atoms with E-state index in [4.69, 9.17) is 23.7 Å². The van der Waals surface area contributed by atoms with Crippen LogP contribution >= 0.6 is 0 Å². The van der Waals surface area contributed by atoms with E-state index in [9.17, 15) is 27.9 Å². The number of benzene rings is 3. The van der Waals surface area contributed by atoms with Crippen molar-refractivity contribution in [1.29, 1.82) is 0 Å². The molecule has 0 radical (unpaired) electrons. The lowest BCUT2D eigenvalue weighted by atomic mass is 9.97. The second-order valence-electron chi connectivity index (χ2n) is 9.79. The lowest BCUT2D eigenvalue weighted by Gasteiger charge is -2.15. The van der Waals surface area contributed by atoms with Gasteiger partial charge in [-0.25, -0.2) is 4.79 Å². The van der Waals surface area contributed by atoms with E-state index >= 15 is 0 Å². The molecule has 0 fully saturated rings. The van der Waals surface area contributed by atoms with Gasteiger partial charge in [-0.05, 0) is 46.0 Å². The van der Waals surface area contributed by atoms with Crippen molar-refractivity contribution >= 4 is 33.5 Å². The number of aliphatic hydroxyl groups is 1. The molecule has 3 aromatic rings. The first kappa shape index (κ1) is 35.0. The minimum Gasteiger partial charge on any atom is -0.447 e. The van der Waals surface area contributed by atoms with E-state index in [-0.39, 0.29) is 39.4 Å². The van der Waals surface area contributed by atoms with Gasteiger partial charge in [-0.3, -0.25) is 4.79 Å². The Morgan fingerprint density at radius 2 is 1.25 bits per heavy atom. The van der Waals surface area contributed by atoms with Gasteiger partial charge in [0.25, 0.3) is 0 Å². The number of alkyl carbamates (subject to hydrolysis) is 1. The maximum absolute atomic E-state index is 12.0. The zero-order valence-electron chi connectivity index (χ0n) is 24.4. The lowest BCUT2D eigenvalue weighted by molar-refractivity contribution is -0.173. The quantitative estimate of drug-likeness (QED) is 0.127. The number of aliphatic hydroxyl groups excluding tert-OH is 1. The van der Waals surface area contributed by atoms with Crippen LogP contribution in [0.2, 0.25) is 0 Å². The van der Waals surface area contributed by atoms with Crippen LogP contribution < -0.4 is 10.6 Å². The van der Waals surface area contributed by atoms with Gasteiger partial charge in [0.15, 0.2) is 0 Å². The van der Waals surface area contributed by atoms with Crippen molar-refractivity contribution < 1.29 is 51.6 Å².